The highest BCUT2D eigenvalue weighted by Gasteiger charge is 1.90. The van der Waals surface area contributed by atoms with Crippen LogP contribution in [0.25, 0.3) is 12.2 Å². The minimum absolute atomic E-state index is 0.719. The van der Waals surface area contributed by atoms with Crippen molar-refractivity contribution in [1.29, 1.82) is 0 Å². The zero-order valence-electron chi connectivity index (χ0n) is 6.27. The van der Waals surface area contributed by atoms with E-state index in [9.17, 15) is 0 Å². The normalized spacial score (nSPS) is 11.0. The van der Waals surface area contributed by atoms with Crippen LogP contribution in [0.2, 0.25) is 0 Å². The van der Waals surface area contributed by atoms with Gasteiger partial charge < -0.3 is 4.98 Å². The smallest absolute Gasteiger partial charge is 0.127 e. The summed E-state index contributed by atoms with van der Waals surface area (Å²) >= 11 is 0. The van der Waals surface area contributed by atoms with E-state index in [2.05, 4.69) is 19.9 Å². The van der Waals surface area contributed by atoms with Gasteiger partial charge in [0.15, 0.2) is 0 Å². The van der Waals surface area contributed by atoms with E-state index in [0.29, 0.717) is 0 Å². The summed E-state index contributed by atoms with van der Waals surface area (Å²) in [5.74, 6) is 0. The molecule has 0 amide bonds. The van der Waals surface area contributed by atoms with Crippen molar-refractivity contribution in [3.63, 3.8) is 0 Å². The number of hydrogen-bond acceptors (Lipinski definition) is 3. The summed E-state index contributed by atoms with van der Waals surface area (Å²) in [6.45, 7) is 0. The Morgan fingerprint density at radius 1 is 1.42 bits per heavy atom. The summed E-state index contributed by atoms with van der Waals surface area (Å²) in [5.41, 5.74) is 1.81. The molecule has 0 bridgehead atoms. The Morgan fingerprint density at radius 3 is 3.08 bits per heavy atom. The molecule has 0 fully saturated rings. The molecule has 0 saturated carbocycles. The largest absolute Gasteiger partial charge is 0.367 e. The van der Waals surface area contributed by atoms with Crippen LogP contribution in [0.4, 0.5) is 0 Å². The van der Waals surface area contributed by atoms with Crippen LogP contribution < -0.4 is 0 Å². The van der Waals surface area contributed by atoms with Crippen LogP contribution in [0.3, 0.4) is 0 Å². The third-order valence-corrected chi connectivity index (χ3v) is 1.45. The van der Waals surface area contributed by atoms with Crippen LogP contribution in [0.1, 0.15) is 11.3 Å². The molecule has 0 unspecified atom stereocenters. The van der Waals surface area contributed by atoms with Crippen molar-refractivity contribution < 1.29 is 4.63 Å². The molecule has 0 aromatic carbocycles. The van der Waals surface area contributed by atoms with Gasteiger partial charge in [-0.3, -0.25) is 0 Å². The van der Waals surface area contributed by atoms with Gasteiger partial charge in [-0.2, -0.15) is 0 Å². The lowest BCUT2D eigenvalue weighted by Crippen LogP contribution is -1.66. The Hall–Kier alpha value is -1.84. The maximum absolute atomic E-state index is 4.43. The number of aromatic nitrogens is 3. The van der Waals surface area contributed by atoms with Crippen LogP contribution in [-0.4, -0.2) is 15.3 Å². The lowest BCUT2D eigenvalue weighted by atomic mass is 10.3. The highest BCUT2D eigenvalue weighted by atomic mass is 16.6. The van der Waals surface area contributed by atoms with Gasteiger partial charge in [0, 0.05) is 12.4 Å². The first kappa shape index (κ1) is 6.84. The summed E-state index contributed by atoms with van der Waals surface area (Å²) in [7, 11) is 0. The zero-order chi connectivity index (χ0) is 8.23. The SMILES string of the molecule is C(=C\c1cnon1)/c1cc[nH]c1. The van der Waals surface area contributed by atoms with Gasteiger partial charge in [0.05, 0.1) is 6.20 Å². The van der Waals surface area contributed by atoms with Crippen molar-refractivity contribution in [2.24, 2.45) is 0 Å². The topological polar surface area (TPSA) is 54.7 Å². The number of aromatic amines is 1. The van der Waals surface area contributed by atoms with E-state index in [1.54, 1.807) is 6.20 Å². The molecule has 2 aromatic heterocycles. The number of H-pyrrole nitrogens is 1. The molecule has 0 aliphatic carbocycles. The first-order valence-corrected chi connectivity index (χ1v) is 3.53. The van der Waals surface area contributed by atoms with E-state index in [1.165, 1.54) is 0 Å². The maximum Gasteiger partial charge on any atom is 0.127 e. The highest BCUT2D eigenvalue weighted by Crippen LogP contribution is 2.03. The molecule has 0 radical (unpaired) electrons. The second-order valence-corrected chi connectivity index (χ2v) is 2.31. The van der Waals surface area contributed by atoms with Crippen molar-refractivity contribution in [3.8, 4) is 0 Å². The molecule has 0 spiro atoms. The summed E-state index contributed by atoms with van der Waals surface area (Å²) in [4.78, 5) is 2.95. The number of nitrogens with zero attached hydrogens (tertiary/aromatic N) is 2. The summed E-state index contributed by atoms with van der Waals surface area (Å²) in [6.07, 6.45) is 9.07. The molecule has 2 rings (SSSR count). The second kappa shape index (κ2) is 3.04. The van der Waals surface area contributed by atoms with E-state index < -0.39 is 0 Å². The summed E-state index contributed by atoms with van der Waals surface area (Å²) in [6, 6.07) is 1.96. The van der Waals surface area contributed by atoms with Gasteiger partial charge in [-0.15, -0.1) is 0 Å². The predicted molar refractivity (Wildman–Crippen MR) is 44.0 cm³/mol. The third-order valence-electron chi connectivity index (χ3n) is 1.45. The molecular formula is C8H7N3O. The lowest BCUT2D eigenvalue weighted by Gasteiger charge is -1.79. The second-order valence-electron chi connectivity index (χ2n) is 2.31. The van der Waals surface area contributed by atoms with Crippen LogP contribution in [0.5, 0.6) is 0 Å². The molecule has 60 valence electrons. The molecule has 0 aliphatic rings. The Morgan fingerprint density at radius 2 is 2.42 bits per heavy atom. The van der Waals surface area contributed by atoms with Crippen molar-refractivity contribution >= 4 is 12.2 Å². The number of hydrogen-bond donors (Lipinski definition) is 1. The monoisotopic (exact) mass is 161 g/mol. The first-order valence-electron chi connectivity index (χ1n) is 3.53. The fourth-order valence-electron chi connectivity index (χ4n) is 0.867. The average Bonchev–Trinajstić information content (AvgIpc) is 2.74. The minimum atomic E-state index is 0.719. The van der Waals surface area contributed by atoms with Crippen LogP contribution in [0.15, 0.2) is 29.3 Å². The Bertz CT molecular complexity index is 311. The predicted octanol–water partition coefficient (Wildman–Crippen LogP) is 1.57. The van der Waals surface area contributed by atoms with Crippen LogP contribution in [-0.2, 0) is 0 Å². The van der Waals surface area contributed by atoms with Gasteiger partial charge in [-0.1, -0.05) is 16.4 Å². The quantitative estimate of drug-likeness (QED) is 0.727. The van der Waals surface area contributed by atoms with E-state index >= 15 is 0 Å². The van der Waals surface area contributed by atoms with Crippen LogP contribution in [0, 0.1) is 0 Å². The molecule has 4 nitrogen and oxygen atoms in total. The minimum Gasteiger partial charge on any atom is -0.367 e. The van der Waals surface area contributed by atoms with Gasteiger partial charge >= 0.3 is 0 Å². The molecule has 0 aliphatic heterocycles. The van der Waals surface area contributed by atoms with Gasteiger partial charge in [0.2, 0.25) is 0 Å². The highest BCUT2D eigenvalue weighted by molar-refractivity contribution is 5.66. The van der Waals surface area contributed by atoms with Crippen molar-refractivity contribution in [1.82, 2.24) is 15.3 Å². The standard InChI is InChI=1S/C8H7N3O/c1(7-3-4-9-5-7)2-8-6-10-12-11-8/h1-6,9H/b2-1+. The number of nitrogens with one attached hydrogen (secondary N) is 1. The molecule has 12 heavy (non-hydrogen) atoms. The van der Waals surface area contributed by atoms with Crippen molar-refractivity contribution in [2.75, 3.05) is 0 Å². The molecule has 1 N–H and O–H groups in total. The lowest BCUT2D eigenvalue weighted by molar-refractivity contribution is 0.306. The molecule has 4 heteroatoms. The van der Waals surface area contributed by atoms with E-state index in [4.69, 9.17) is 0 Å². The van der Waals surface area contributed by atoms with Gasteiger partial charge in [-0.05, 0) is 17.7 Å². The average molecular weight is 161 g/mol. The number of rotatable bonds is 2. The summed E-state index contributed by atoms with van der Waals surface area (Å²) < 4.78 is 4.43. The fraction of sp³-hybridized carbons (Fsp3) is 0. The van der Waals surface area contributed by atoms with Crippen LogP contribution >= 0.6 is 0 Å². The first-order chi connectivity index (χ1) is 5.95. The molecule has 2 heterocycles. The Kier molecular flexibility index (Phi) is 1.74. The Labute approximate surface area is 68.9 Å². The van der Waals surface area contributed by atoms with Gasteiger partial charge in [0.25, 0.3) is 0 Å². The van der Waals surface area contributed by atoms with E-state index in [1.807, 2.05) is 30.6 Å². The molecular weight excluding hydrogens is 154 g/mol. The summed E-state index contributed by atoms with van der Waals surface area (Å²) in [5, 5.41) is 7.11. The maximum atomic E-state index is 4.43. The molecule has 2 aromatic rings. The van der Waals surface area contributed by atoms with Gasteiger partial charge in [0.1, 0.15) is 5.69 Å². The van der Waals surface area contributed by atoms with E-state index in [0.717, 1.165) is 11.3 Å². The Balaban J connectivity index is 2.14. The van der Waals surface area contributed by atoms with Crippen molar-refractivity contribution in [3.05, 3.63) is 35.9 Å². The van der Waals surface area contributed by atoms with E-state index in [-0.39, 0.29) is 0 Å². The molecule has 0 saturated heterocycles. The third kappa shape index (κ3) is 1.42. The van der Waals surface area contributed by atoms with Crippen molar-refractivity contribution in [2.45, 2.75) is 0 Å². The fourth-order valence-corrected chi connectivity index (χ4v) is 0.867. The van der Waals surface area contributed by atoms with Gasteiger partial charge in [-0.25, -0.2) is 4.63 Å². The molecule has 0 atom stereocenters. The zero-order valence-corrected chi connectivity index (χ0v) is 6.27.